The molecule has 2 aromatic rings. The molecule has 0 saturated heterocycles. The highest BCUT2D eigenvalue weighted by molar-refractivity contribution is 6.39. The van der Waals surface area contributed by atoms with E-state index in [1.54, 1.807) is 24.5 Å². The predicted octanol–water partition coefficient (Wildman–Crippen LogP) is 1.95. The average Bonchev–Trinajstić information content (AvgIpc) is 2.49. The van der Waals surface area contributed by atoms with Crippen molar-refractivity contribution < 1.29 is 9.59 Å². The van der Waals surface area contributed by atoms with Crippen LogP contribution in [0.1, 0.15) is 16.7 Å². The van der Waals surface area contributed by atoms with E-state index in [1.807, 2.05) is 32.0 Å². The number of aryl methyl sites for hydroxylation is 2. The van der Waals surface area contributed by atoms with Gasteiger partial charge in [-0.3, -0.25) is 14.6 Å². The maximum atomic E-state index is 11.9. The van der Waals surface area contributed by atoms with Gasteiger partial charge >= 0.3 is 11.8 Å². The van der Waals surface area contributed by atoms with Crippen molar-refractivity contribution in [2.24, 2.45) is 0 Å². The van der Waals surface area contributed by atoms with Gasteiger partial charge in [-0.2, -0.15) is 0 Å². The summed E-state index contributed by atoms with van der Waals surface area (Å²) in [4.78, 5) is 27.6. The van der Waals surface area contributed by atoms with Gasteiger partial charge in [-0.1, -0.05) is 18.2 Å². The Morgan fingerprint density at radius 2 is 1.62 bits per heavy atom. The molecule has 1 aromatic carbocycles. The van der Waals surface area contributed by atoms with Gasteiger partial charge < -0.3 is 10.6 Å². The first kappa shape index (κ1) is 14.7. The minimum Gasteiger partial charge on any atom is -0.344 e. The molecule has 0 fully saturated rings. The molecule has 5 nitrogen and oxygen atoms in total. The van der Waals surface area contributed by atoms with Gasteiger partial charge in [0.25, 0.3) is 0 Å². The zero-order valence-corrected chi connectivity index (χ0v) is 12.0. The number of para-hydroxylation sites is 1. The van der Waals surface area contributed by atoms with E-state index >= 15 is 0 Å². The van der Waals surface area contributed by atoms with Gasteiger partial charge in [-0.05, 0) is 42.7 Å². The summed E-state index contributed by atoms with van der Waals surface area (Å²) in [6.07, 6.45) is 3.27. The van der Waals surface area contributed by atoms with Crippen LogP contribution in [-0.4, -0.2) is 16.8 Å². The highest BCUT2D eigenvalue weighted by atomic mass is 16.2. The maximum absolute atomic E-state index is 11.9. The normalized spacial score (nSPS) is 10.0. The van der Waals surface area contributed by atoms with Gasteiger partial charge in [-0.25, -0.2) is 0 Å². The summed E-state index contributed by atoms with van der Waals surface area (Å²) in [6.45, 7) is 4.07. The molecule has 0 atom stereocenters. The minimum absolute atomic E-state index is 0.293. The number of rotatable bonds is 3. The number of nitrogens with zero attached hydrogens (tertiary/aromatic N) is 1. The summed E-state index contributed by atoms with van der Waals surface area (Å²) in [5, 5.41) is 5.23. The Bertz CT molecular complexity index is 634. The fourth-order valence-electron chi connectivity index (χ4n) is 1.95. The monoisotopic (exact) mass is 283 g/mol. The fraction of sp³-hybridized carbons (Fsp3) is 0.188. The molecule has 0 radical (unpaired) electrons. The SMILES string of the molecule is Cc1cccc(C)c1NC(=O)C(=O)NCc1ccncc1. The van der Waals surface area contributed by atoms with Crippen LogP contribution in [-0.2, 0) is 16.1 Å². The average molecular weight is 283 g/mol. The van der Waals surface area contributed by atoms with Gasteiger partial charge in [0.1, 0.15) is 0 Å². The molecule has 2 amide bonds. The Balaban J connectivity index is 1.96. The van der Waals surface area contributed by atoms with Crippen LogP contribution in [0.15, 0.2) is 42.7 Å². The molecule has 0 unspecified atom stereocenters. The van der Waals surface area contributed by atoms with E-state index in [0.29, 0.717) is 12.2 Å². The highest BCUT2D eigenvalue weighted by Gasteiger charge is 2.15. The Kier molecular flexibility index (Phi) is 4.66. The van der Waals surface area contributed by atoms with Crippen molar-refractivity contribution >= 4 is 17.5 Å². The number of pyridine rings is 1. The third kappa shape index (κ3) is 3.89. The summed E-state index contributed by atoms with van der Waals surface area (Å²) in [7, 11) is 0. The van der Waals surface area contributed by atoms with E-state index in [0.717, 1.165) is 16.7 Å². The van der Waals surface area contributed by atoms with Crippen LogP contribution in [0.3, 0.4) is 0 Å². The zero-order chi connectivity index (χ0) is 15.2. The molecule has 1 heterocycles. The summed E-state index contributed by atoms with van der Waals surface area (Å²) >= 11 is 0. The summed E-state index contributed by atoms with van der Waals surface area (Å²) < 4.78 is 0. The summed E-state index contributed by atoms with van der Waals surface area (Å²) in [5.41, 5.74) is 3.41. The second-order valence-electron chi connectivity index (χ2n) is 4.76. The number of aromatic nitrogens is 1. The predicted molar refractivity (Wildman–Crippen MR) is 80.6 cm³/mol. The third-order valence-electron chi connectivity index (χ3n) is 3.13. The van der Waals surface area contributed by atoms with Crippen LogP contribution in [0.25, 0.3) is 0 Å². The number of hydrogen-bond acceptors (Lipinski definition) is 3. The quantitative estimate of drug-likeness (QED) is 0.846. The number of carbonyl (C=O) groups excluding carboxylic acids is 2. The van der Waals surface area contributed by atoms with Crippen LogP contribution in [0.2, 0.25) is 0 Å². The van der Waals surface area contributed by atoms with E-state index < -0.39 is 11.8 Å². The van der Waals surface area contributed by atoms with Gasteiger partial charge in [0, 0.05) is 24.6 Å². The van der Waals surface area contributed by atoms with Crippen molar-refractivity contribution in [1.82, 2.24) is 10.3 Å². The molecule has 108 valence electrons. The molecule has 0 aliphatic heterocycles. The second-order valence-corrected chi connectivity index (χ2v) is 4.76. The molecule has 0 aliphatic rings. The number of carbonyl (C=O) groups is 2. The third-order valence-corrected chi connectivity index (χ3v) is 3.13. The topological polar surface area (TPSA) is 71.1 Å². The minimum atomic E-state index is -0.665. The van der Waals surface area contributed by atoms with Crippen LogP contribution >= 0.6 is 0 Å². The zero-order valence-electron chi connectivity index (χ0n) is 12.0. The number of nitrogens with one attached hydrogen (secondary N) is 2. The molecule has 1 aromatic heterocycles. The lowest BCUT2D eigenvalue weighted by atomic mass is 10.1. The van der Waals surface area contributed by atoms with E-state index in [-0.39, 0.29) is 0 Å². The first-order valence-electron chi connectivity index (χ1n) is 6.62. The number of anilines is 1. The van der Waals surface area contributed by atoms with Crippen molar-refractivity contribution in [2.45, 2.75) is 20.4 Å². The highest BCUT2D eigenvalue weighted by Crippen LogP contribution is 2.19. The lowest BCUT2D eigenvalue weighted by Crippen LogP contribution is -2.35. The van der Waals surface area contributed by atoms with Crippen molar-refractivity contribution in [2.75, 3.05) is 5.32 Å². The summed E-state index contributed by atoms with van der Waals surface area (Å²) in [5.74, 6) is -1.32. The molecule has 0 bridgehead atoms. The van der Waals surface area contributed by atoms with E-state index in [9.17, 15) is 9.59 Å². The molecule has 0 saturated carbocycles. The molecule has 5 heteroatoms. The second kappa shape index (κ2) is 6.65. The van der Waals surface area contributed by atoms with Crippen LogP contribution in [0.5, 0.6) is 0 Å². The number of hydrogen-bond donors (Lipinski definition) is 2. The smallest absolute Gasteiger partial charge is 0.313 e. The van der Waals surface area contributed by atoms with Gasteiger partial charge in [0.05, 0.1) is 0 Å². The Morgan fingerprint density at radius 3 is 2.24 bits per heavy atom. The van der Waals surface area contributed by atoms with Crippen LogP contribution in [0, 0.1) is 13.8 Å². The first-order chi connectivity index (χ1) is 10.1. The summed E-state index contributed by atoms with van der Waals surface area (Å²) in [6, 6.07) is 9.24. The molecule has 2 N–H and O–H groups in total. The van der Waals surface area contributed by atoms with Crippen molar-refractivity contribution in [1.29, 1.82) is 0 Å². The largest absolute Gasteiger partial charge is 0.344 e. The molecule has 0 aliphatic carbocycles. The van der Waals surface area contributed by atoms with Gasteiger partial charge in [0.15, 0.2) is 0 Å². The van der Waals surface area contributed by atoms with E-state index in [1.165, 1.54) is 0 Å². The number of benzene rings is 1. The lowest BCUT2D eigenvalue weighted by molar-refractivity contribution is -0.136. The van der Waals surface area contributed by atoms with E-state index in [4.69, 9.17) is 0 Å². The Hall–Kier alpha value is -2.69. The van der Waals surface area contributed by atoms with Gasteiger partial charge in [-0.15, -0.1) is 0 Å². The van der Waals surface area contributed by atoms with E-state index in [2.05, 4.69) is 15.6 Å². The molecule has 21 heavy (non-hydrogen) atoms. The fourth-order valence-corrected chi connectivity index (χ4v) is 1.95. The van der Waals surface area contributed by atoms with Crippen molar-refractivity contribution in [3.63, 3.8) is 0 Å². The van der Waals surface area contributed by atoms with Crippen molar-refractivity contribution in [3.05, 3.63) is 59.4 Å². The van der Waals surface area contributed by atoms with Gasteiger partial charge in [0.2, 0.25) is 0 Å². The molecule has 0 spiro atoms. The Labute approximate surface area is 123 Å². The van der Waals surface area contributed by atoms with Crippen molar-refractivity contribution in [3.8, 4) is 0 Å². The maximum Gasteiger partial charge on any atom is 0.313 e. The van der Waals surface area contributed by atoms with Crippen LogP contribution in [0.4, 0.5) is 5.69 Å². The lowest BCUT2D eigenvalue weighted by Gasteiger charge is -2.11. The first-order valence-corrected chi connectivity index (χ1v) is 6.62. The Morgan fingerprint density at radius 1 is 1.00 bits per heavy atom. The number of amides is 2. The standard InChI is InChI=1S/C16H17N3O2/c1-11-4-3-5-12(2)14(11)19-16(21)15(20)18-10-13-6-8-17-9-7-13/h3-9H,10H2,1-2H3,(H,18,20)(H,19,21). The molecule has 2 rings (SSSR count). The molecular weight excluding hydrogens is 266 g/mol. The van der Waals surface area contributed by atoms with Crippen LogP contribution < -0.4 is 10.6 Å². The molecular formula is C16H17N3O2.